The normalized spacial score (nSPS) is 10.7. The van der Waals surface area contributed by atoms with Crippen LogP contribution >= 0.6 is 0 Å². The number of pyridine rings is 1. The number of carboxylic acids is 1. The number of rotatable bonds is 2. The van der Waals surface area contributed by atoms with Gasteiger partial charge in [-0.05, 0) is 24.6 Å². The van der Waals surface area contributed by atoms with E-state index in [0.717, 1.165) is 11.1 Å². The molecule has 3 aromatic rings. The maximum atomic E-state index is 11.5. The van der Waals surface area contributed by atoms with Crippen molar-refractivity contribution in [2.45, 2.75) is 6.92 Å². The zero-order chi connectivity index (χ0) is 14.1. The molecule has 0 aliphatic carbocycles. The number of carbonyl (C=O) groups is 1. The molecule has 3 rings (SSSR count). The molecule has 0 radical (unpaired) electrons. The van der Waals surface area contributed by atoms with E-state index < -0.39 is 5.97 Å². The van der Waals surface area contributed by atoms with Crippen molar-refractivity contribution in [3.05, 3.63) is 65.7 Å². The van der Waals surface area contributed by atoms with E-state index in [9.17, 15) is 9.90 Å². The summed E-state index contributed by atoms with van der Waals surface area (Å²) in [7, 11) is 0. The molecule has 0 aliphatic rings. The number of benzene rings is 2. The zero-order valence-electron chi connectivity index (χ0n) is 11.0. The minimum absolute atomic E-state index is 0.286. The number of hydrogen-bond acceptors (Lipinski definition) is 2. The number of fused-ring (bicyclic) bond motifs is 1. The van der Waals surface area contributed by atoms with Crippen LogP contribution in [0.1, 0.15) is 15.9 Å². The van der Waals surface area contributed by atoms with E-state index in [-0.39, 0.29) is 5.56 Å². The van der Waals surface area contributed by atoms with Crippen LogP contribution in [0.5, 0.6) is 0 Å². The zero-order valence-corrected chi connectivity index (χ0v) is 11.0. The van der Waals surface area contributed by atoms with Gasteiger partial charge in [-0.3, -0.25) is 0 Å². The minimum Gasteiger partial charge on any atom is -0.478 e. The topological polar surface area (TPSA) is 50.2 Å². The second kappa shape index (κ2) is 4.78. The van der Waals surface area contributed by atoms with E-state index >= 15 is 0 Å². The summed E-state index contributed by atoms with van der Waals surface area (Å²) in [6, 6.07) is 16.9. The monoisotopic (exact) mass is 263 g/mol. The minimum atomic E-state index is -0.932. The van der Waals surface area contributed by atoms with Gasteiger partial charge in [0.15, 0.2) is 0 Å². The van der Waals surface area contributed by atoms with Crippen LogP contribution in [0.15, 0.2) is 54.6 Å². The Bertz CT molecular complexity index is 795. The maximum absolute atomic E-state index is 11.5. The van der Waals surface area contributed by atoms with Crippen LogP contribution in [0, 0.1) is 6.92 Å². The average molecular weight is 263 g/mol. The van der Waals surface area contributed by atoms with Crippen molar-refractivity contribution in [1.82, 2.24) is 4.98 Å². The lowest BCUT2D eigenvalue weighted by Gasteiger charge is -2.07. The maximum Gasteiger partial charge on any atom is 0.336 e. The summed E-state index contributed by atoms with van der Waals surface area (Å²) in [4.78, 5) is 16.0. The van der Waals surface area contributed by atoms with E-state index in [2.05, 4.69) is 4.98 Å². The predicted molar refractivity (Wildman–Crippen MR) is 78.9 cm³/mol. The van der Waals surface area contributed by atoms with Crippen molar-refractivity contribution in [3.8, 4) is 11.3 Å². The quantitative estimate of drug-likeness (QED) is 0.762. The van der Waals surface area contributed by atoms with E-state index in [1.54, 1.807) is 6.07 Å². The molecule has 2 aromatic carbocycles. The smallest absolute Gasteiger partial charge is 0.336 e. The van der Waals surface area contributed by atoms with Gasteiger partial charge >= 0.3 is 5.97 Å². The molecule has 3 nitrogen and oxygen atoms in total. The lowest BCUT2D eigenvalue weighted by Crippen LogP contribution is -2.00. The summed E-state index contributed by atoms with van der Waals surface area (Å²) in [6.45, 7) is 1.97. The van der Waals surface area contributed by atoms with Crippen molar-refractivity contribution in [3.63, 3.8) is 0 Å². The summed E-state index contributed by atoms with van der Waals surface area (Å²) in [5, 5.41) is 10.1. The fourth-order valence-electron chi connectivity index (χ4n) is 2.27. The SMILES string of the molecule is Cc1ccc2c(C(=O)O)cc(-c3ccccc3)nc2c1. The number of nitrogens with zero attached hydrogens (tertiary/aromatic N) is 1. The van der Waals surface area contributed by atoms with Gasteiger partial charge in [0.1, 0.15) is 0 Å². The molecule has 0 unspecified atom stereocenters. The Hall–Kier alpha value is -2.68. The average Bonchev–Trinajstić information content (AvgIpc) is 2.46. The van der Waals surface area contributed by atoms with E-state index in [0.29, 0.717) is 16.6 Å². The second-order valence-electron chi connectivity index (χ2n) is 4.75. The van der Waals surface area contributed by atoms with Gasteiger partial charge in [0.25, 0.3) is 0 Å². The van der Waals surface area contributed by atoms with Gasteiger partial charge in [0.05, 0.1) is 16.8 Å². The number of aromatic carboxylic acids is 1. The fourth-order valence-corrected chi connectivity index (χ4v) is 2.27. The number of carboxylic acid groups (broad SMARTS) is 1. The Kier molecular flexibility index (Phi) is 2.95. The number of aromatic nitrogens is 1. The molecule has 0 amide bonds. The first kappa shape index (κ1) is 12.4. The van der Waals surface area contributed by atoms with Gasteiger partial charge in [-0.2, -0.15) is 0 Å². The largest absolute Gasteiger partial charge is 0.478 e. The Morgan fingerprint density at radius 3 is 2.50 bits per heavy atom. The van der Waals surface area contributed by atoms with Gasteiger partial charge in [-0.1, -0.05) is 42.5 Å². The fraction of sp³-hybridized carbons (Fsp3) is 0.0588. The summed E-state index contributed by atoms with van der Waals surface area (Å²) < 4.78 is 0. The van der Waals surface area contributed by atoms with Crippen molar-refractivity contribution >= 4 is 16.9 Å². The van der Waals surface area contributed by atoms with Gasteiger partial charge in [0.2, 0.25) is 0 Å². The first-order chi connectivity index (χ1) is 9.65. The molecule has 0 spiro atoms. The Morgan fingerprint density at radius 2 is 1.80 bits per heavy atom. The highest BCUT2D eigenvalue weighted by molar-refractivity contribution is 6.03. The van der Waals surface area contributed by atoms with E-state index in [4.69, 9.17) is 0 Å². The molecule has 0 saturated carbocycles. The number of aryl methyl sites for hydroxylation is 1. The molecule has 0 bridgehead atoms. The summed E-state index contributed by atoms with van der Waals surface area (Å²) in [5.74, 6) is -0.932. The van der Waals surface area contributed by atoms with Crippen molar-refractivity contribution in [1.29, 1.82) is 0 Å². The molecular formula is C17H13NO2. The van der Waals surface area contributed by atoms with Crippen molar-refractivity contribution in [2.75, 3.05) is 0 Å². The highest BCUT2D eigenvalue weighted by Gasteiger charge is 2.12. The van der Waals surface area contributed by atoms with Crippen molar-refractivity contribution in [2.24, 2.45) is 0 Å². The van der Waals surface area contributed by atoms with Crippen LogP contribution in [0.2, 0.25) is 0 Å². The third-order valence-corrected chi connectivity index (χ3v) is 3.27. The van der Waals surface area contributed by atoms with Crippen LogP contribution in [-0.2, 0) is 0 Å². The Morgan fingerprint density at radius 1 is 1.05 bits per heavy atom. The first-order valence-corrected chi connectivity index (χ1v) is 6.35. The molecule has 1 aromatic heterocycles. The molecule has 0 saturated heterocycles. The summed E-state index contributed by atoms with van der Waals surface area (Å²) in [6.07, 6.45) is 0. The van der Waals surface area contributed by atoms with Gasteiger partial charge in [-0.15, -0.1) is 0 Å². The van der Waals surface area contributed by atoms with Gasteiger partial charge in [0, 0.05) is 10.9 Å². The number of hydrogen-bond donors (Lipinski definition) is 1. The van der Waals surface area contributed by atoms with Crippen molar-refractivity contribution < 1.29 is 9.90 Å². The molecule has 0 atom stereocenters. The summed E-state index contributed by atoms with van der Waals surface area (Å²) >= 11 is 0. The second-order valence-corrected chi connectivity index (χ2v) is 4.75. The van der Waals surface area contributed by atoms with Crippen LogP contribution in [-0.4, -0.2) is 16.1 Å². The Balaban J connectivity index is 2.32. The molecule has 3 heteroatoms. The molecule has 98 valence electrons. The van der Waals surface area contributed by atoms with Gasteiger partial charge < -0.3 is 5.11 Å². The van der Waals surface area contributed by atoms with Gasteiger partial charge in [-0.25, -0.2) is 9.78 Å². The lowest BCUT2D eigenvalue weighted by molar-refractivity contribution is 0.0699. The standard InChI is InChI=1S/C17H13NO2/c1-11-7-8-13-14(17(19)20)10-15(18-16(13)9-11)12-5-3-2-4-6-12/h2-10H,1H3,(H,19,20). The highest BCUT2D eigenvalue weighted by atomic mass is 16.4. The molecule has 0 aliphatic heterocycles. The third-order valence-electron chi connectivity index (χ3n) is 3.27. The van der Waals surface area contributed by atoms with Crippen LogP contribution < -0.4 is 0 Å². The molecule has 0 fully saturated rings. The molecular weight excluding hydrogens is 250 g/mol. The van der Waals surface area contributed by atoms with E-state index in [1.807, 2.05) is 55.5 Å². The van der Waals surface area contributed by atoms with Crippen LogP contribution in [0.3, 0.4) is 0 Å². The van der Waals surface area contributed by atoms with E-state index in [1.165, 1.54) is 0 Å². The van der Waals surface area contributed by atoms with Crippen LogP contribution in [0.4, 0.5) is 0 Å². The van der Waals surface area contributed by atoms with Crippen LogP contribution in [0.25, 0.3) is 22.2 Å². The predicted octanol–water partition coefficient (Wildman–Crippen LogP) is 3.91. The first-order valence-electron chi connectivity index (χ1n) is 6.35. The molecule has 1 N–H and O–H groups in total. The third kappa shape index (κ3) is 2.14. The molecule has 20 heavy (non-hydrogen) atoms. The lowest BCUT2D eigenvalue weighted by atomic mass is 10.0. The Labute approximate surface area is 116 Å². The highest BCUT2D eigenvalue weighted by Crippen LogP contribution is 2.25. The summed E-state index contributed by atoms with van der Waals surface area (Å²) in [5.41, 5.74) is 3.66. The molecule has 1 heterocycles.